The second kappa shape index (κ2) is 18.0. The lowest BCUT2D eigenvalue weighted by Crippen LogP contribution is -2.26. The van der Waals surface area contributed by atoms with E-state index in [1.807, 2.05) is 84.9 Å². The second-order valence-electron chi connectivity index (χ2n) is 14.7. The molecule has 0 atom stereocenters. The van der Waals surface area contributed by atoms with Crippen LogP contribution in [0.1, 0.15) is 62.1 Å². The molecule has 1 radical (unpaired) electrons. The molecule has 11 rings (SSSR count). The van der Waals surface area contributed by atoms with Crippen molar-refractivity contribution in [2.75, 3.05) is 0 Å². The van der Waals surface area contributed by atoms with Gasteiger partial charge in [-0.2, -0.15) is 0 Å². The molecule has 0 amide bonds. The summed E-state index contributed by atoms with van der Waals surface area (Å²) < 4.78 is 5.90. The van der Waals surface area contributed by atoms with Gasteiger partial charge in [0, 0.05) is 51.5 Å². The molecule has 3 aliphatic rings. The van der Waals surface area contributed by atoms with Gasteiger partial charge in [-0.3, -0.25) is 28.8 Å². The molecule has 2 aromatic heterocycles. The minimum atomic E-state index is -1.48. The number of hydrogen-bond acceptors (Lipinski definition) is 12. The van der Waals surface area contributed by atoms with Crippen LogP contribution in [-0.4, -0.2) is 64.6 Å². The summed E-state index contributed by atoms with van der Waals surface area (Å²) in [6.07, 6.45) is 0. The predicted octanol–water partition coefficient (Wildman–Crippen LogP) is 8.84. The van der Waals surface area contributed by atoms with Crippen LogP contribution in [0.2, 0.25) is 0 Å². The van der Waals surface area contributed by atoms with Crippen LogP contribution >= 0.6 is 45.3 Å². The first-order chi connectivity index (χ1) is 31.4. The maximum absolute atomic E-state index is 12.9. The Labute approximate surface area is 393 Å². The third-order valence-electron chi connectivity index (χ3n) is 11.0. The van der Waals surface area contributed by atoms with E-state index < -0.39 is 41.8 Å². The average molecular weight is 1000 g/mol. The van der Waals surface area contributed by atoms with Crippen LogP contribution < -0.4 is 9.43 Å². The van der Waals surface area contributed by atoms with Crippen molar-refractivity contribution in [2.45, 2.75) is 0 Å². The van der Waals surface area contributed by atoms with E-state index in [-0.39, 0.29) is 0 Å². The molecule has 0 saturated heterocycles. The Kier molecular flexibility index (Phi) is 12.1. The summed E-state index contributed by atoms with van der Waals surface area (Å²) in [5, 5.41) is 25.9. The molecule has 6 aromatic carbocycles. The van der Waals surface area contributed by atoms with Gasteiger partial charge in [0.15, 0.2) is 5.06 Å². The Morgan fingerprint density at radius 1 is 0.415 bits per heavy atom. The zero-order chi connectivity index (χ0) is 45.5. The lowest BCUT2D eigenvalue weighted by Gasteiger charge is -2.18. The quantitative estimate of drug-likeness (QED) is 0.0860. The summed E-state index contributed by atoms with van der Waals surface area (Å²) in [5.41, 5.74) is 9.18. The summed E-state index contributed by atoms with van der Waals surface area (Å²) in [6, 6.07) is 45.5. The van der Waals surface area contributed by atoms with Crippen LogP contribution in [0.25, 0.3) is 54.3 Å². The zero-order valence-electron chi connectivity index (χ0n) is 33.5. The lowest BCUT2D eigenvalue weighted by molar-refractivity contribution is 0.0815. The van der Waals surface area contributed by atoms with Crippen LogP contribution in [0.5, 0.6) is 5.06 Å². The number of ketones is 6. The first kappa shape index (κ1) is 43.5. The fourth-order valence-corrected chi connectivity index (χ4v) is 10.1. The Balaban J connectivity index is 0.000000156. The fraction of sp³-hybridized carbons (Fsp3) is 0. The van der Waals surface area contributed by atoms with Gasteiger partial charge >= 0.3 is 14.8 Å². The molecule has 0 aliphatic heterocycles. The number of carbonyl (C=O) groups is 6. The summed E-state index contributed by atoms with van der Waals surface area (Å²) in [4.78, 5) is 76.8. The second-order valence-corrected chi connectivity index (χ2v) is 18.1. The van der Waals surface area contributed by atoms with E-state index in [1.165, 1.54) is 23.5 Å². The predicted molar refractivity (Wildman–Crippen MR) is 259 cm³/mol. The van der Waals surface area contributed by atoms with Gasteiger partial charge in [-0.25, -0.2) is 0 Å². The standard InChI is InChI=1S/C32H16O4S.C14H7IO2.C4H5B2O4S/c33-29-23-7-3-1-5-19(23)21-11-9-17(15-25(21)31(29)35)27-13-14-28(37-27)18-10-12-22-20-6-2-4-8-24(20)30(34)32(36)26(22)16-18;15-8-5-6-10-9-3-1-2-4-11(9)13(16)14(17)12(10)7-8;7-5-10-4-2-1-3(11-4)6(8)9/h1-16H;1-7H;1-2,7-9H. The lowest BCUT2D eigenvalue weighted by atomic mass is 9.83. The molecule has 65 heavy (non-hydrogen) atoms. The molecule has 15 heteroatoms. The van der Waals surface area contributed by atoms with Crippen molar-refractivity contribution in [1.82, 2.24) is 0 Å². The Morgan fingerprint density at radius 2 is 0.785 bits per heavy atom. The highest BCUT2D eigenvalue weighted by atomic mass is 127. The maximum Gasteiger partial charge on any atom is 0.569 e. The van der Waals surface area contributed by atoms with E-state index in [9.17, 15) is 28.8 Å². The molecule has 2 heterocycles. The normalized spacial score (nSPS) is 12.8. The summed E-state index contributed by atoms with van der Waals surface area (Å²) in [5.74, 6) is -2.77. The fourth-order valence-electron chi connectivity index (χ4n) is 7.90. The number of carbonyl (C=O) groups excluding carboxylic acids is 6. The van der Waals surface area contributed by atoms with E-state index in [0.717, 1.165) is 69.2 Å². The first-order valence-electron chi connectivity index (χ1n) is 19.8. The largest absolute Gasteiger partial charge is 0.569 e. The minimum absolute atomic E-state index is 0.377. The number of thiophene rings is 2. The molecule has 10 nitrogen and oxygen atoms in total. The van der Waals surface area contributed by atoms with Gasteiger partial charge in [0.05, 0.1) is 0 Å². The van der Waals surface area contributed by atoms with Gasteiger partial charge in [-0.15, -0.1) is 22.7 Å². The van der Waals surface area contributed by atoms with E-state index in [1.54, 1.807) is 54.6 Å². The molecule has 3 aliphatic carbocycles. The first-order valence-corrected chi connectivity index (χ1v) is 22.5. The van der Waals surface area contributed by atoms with Crippen LogP contribution in [0.3, 0.4) is 0 Å². The van der Waals surface area contributed by atoms with Crippen molar-refractivity contribution < 1.29 is 48.5 Å². The molecule has 0 bridgehead atoms. The van der Waals surface area contributed by atoms with Crippen molar-refractivity contribution in [2.24, 2.45) is 0 Å². The van der Waals surface area contributed by atoms with E-state index in [0.29, 0.717) is 50.9 Å². The number of benzene rings is 6. The SMILES string of the molecule is O=C1C(=O)c2cc(-c3ccc(-c4ccc5c(c4)C(=O)C(=O)c4ccccc4-5)s3)ccc2-c2ccccc21.O=C1C(=O)c2cc(I)ccc2-c2ccccc21.O[B]Oc1ccc(B(O)O)s1. The van der Waals surface area contributed by atoms with E-state index >= 15 is 0 Å². The number of hydrogen-bond donors (Lipinski definition) is 3. The monoisotopic (exact) mass is 1000 g/mol. The van der Waals surface area contributed by atoms with Gasteiger partial charge in [0.1, 0.15) is 0 Å². The third-order valence-corrected chi connectivity index (χ3v) is 13.8. The summed E-state index contributed by atoms with van der Waals surface area (Å²) in [6.45, 7) is 0. The molecule has 8 aromatic rings. The molecular weight excluding hydrogens is 973 g/mol. The van der Waals surface area contributed by atoms with Crippen molar-refractivity contribution in [3.05, 3.63) is 189 Å². The van der Waals surface area contributed by atoms with Crippen molar-refractivity contribution in [3.63, 3.8) is 0 Å². The highest BCUT2D eigenvalue weighted by Crippen LogP contribution is 2.42. The number of Topliss-reactive ketones (excluding diaryl/α,β-unsaturated/α-hetero) is 6. The van der Waals surface area contributed by atoms with Crippen molar-refractivity contribution in [1.29, 1.82) is 0 Å². The highest BCUT2D eigenvalue weighted by molar-refractivity contribution is 14.1. The Morgan fingerprint density at radius 3 is 1.18 bits per heavy atom. The summed E-state index contributed by atoms with van der Waals surface area (Å²) in [7, 11) is -0.935. The third kappa shape index (κ3) is 8.18. The smallest absolute Gasteiger partial charge is 0.530 e. The molecule has 0 saturated carbocycles. The van der Waals surface area contributed by atoms with Gasteiger partial charge in [-0.1, -0.05) is 103 Å². The highest BCUT2D eigenvalue weighted by Gasteiger charge is 2.33. The molecule has 3 N–H and O–H groups in total. The van der Waals surface area contributed by atoms with Crippen LogP contribution in [0.15, 0.2) is 152 Å². The molecular formula is C50H28B2IO10S2. The van der Waals surface area contributed by atoms with Gasteiger partial charge in [0.25, 0.3) is 0 Å². The minimum Gasteiger partial charge on any atom is -0.530 e. The number of rotatable bonds is 5. The molecule has 0 fully saturated rings. The Bertz CT molecular complexity index is 3180. The average Bonchev–Trinajstić information content (AvgIpc) is 4.03. The van der Waals surface area contributed by atoms with Crippen LogP contribution in [-0.2, 0) is 0 Å². The molecule has 0 unspecified atom stereocenters. The van der Waals surface area contributed by atoms with Crippen LogP contribution in [0, 0.1) is 3.57 Å². The van der Waals surface area contributed by atoms with E-state index in [4.69, 9.17) is 15.1 Å². The number of halogens is 1. The zero-order valence-corrected chi connectivity index (χ0v) is 37.3. The number of fused-ring (bicyclic) bond motifs is 9. The van der Waals surface area contributed by atoms with Crippen molar-refractivity contribution >= 4 is 99.5 Å². The van der Waals surface area contributed by atoms with Gasteiger partial charge in [0.2, 0.25) is 34.7 Å². The Hall–Kier alpha value is -6.72. The summed E-state index contributed by atoms with van der Waals surface area (Å²) >= 11 is 4.71. The van der Waals surface area contributed by atoms with Crippen LogP contribution in [0.4, 0.5) is 0 Å². The maximum atomic E-state index is 12.9. The molecule has 0 spiro atoms. The van der Waals surface area contributed by atoms with Gasteiger partial charge < -0.3 is 19.7 Å². The molecule has 313 valence electrons. The van der Waals surface area contributed by atoms with Gasteiger partial charge in [-0.05, 0) is 116 Å². The topological polar surface area (TPSA) is 172 Å². The van der Waals surface area contributed by atoms with Crippen molar-refractivity contribution in [3.8, 4) is 59.3 Å². The van der Waals surface area contributed by atoms with E-state index in [2.05, 4.69) is 27.2 Å².